The molecule has 0 amide bonds. The van der Waals surface area contributed by atoms with E-state index in [1.54, 1.807) is 6.20 Å². The average Bonchev–Trinajstić information content (AvgIpc) is 2.96. The minimum Gasteiger partial charge on any atom is -0.409 e. The van der Waals surface area contributed by atoms with Gasteiger partial charge < -0.3 is 21.0 Å². The van der Waals surface area contributed by atoms with E-state index in [0.717, 1.165) is 38.2 Å². The van der Waals surface area contributed by atoms with Crippen molar-refractivity contribution < 1.29 is 9.94 Å². The van der Waals surface area contributed by atoms with Gasteiger partial charge in [0.1, 0.15) is 5.69 Å². The molecular weight excluding hydrogens is 244 g/mol. The van der Waals surface area contributed by atoms with Gasteiger partial charge in [-0.05, 0) is 36.9 Å². The second kappa shape index (κ2) is 7.06. The summed E-state index contributed by atoms with van der Waals surface area (Å²) >= 11 is 0. The Kier molecular flexibility index (Phi) is 5.11. The summed E-state index contributed by atoms with van der Waals surface area (Å²) in [6.45, 7) is 3.36. The second-order valence-corrected chi connectivity index (χ2v) is 4.69. The van der Waals surface area contributed by atoms with Crippen molar-refractivity contribution in [1.29, 1.82) is 0 Å². The van der Waals surface area contributed by atoms with E-state index in [2.05, 4.69) is 15.5 Å². The van der Waals surface area contributed by atoms with Crippen molar-refractivity contribution in [2.45, 2.75) is 19.4 Å². The molecule has 104 valence electrons. The largest absolute Gasteiger partial charge is 0.409 e. The molecule has 2 heterocycles. The predicted octanol–water partition coefficient (Wildman–Crippen LogP) is 0.692. The van der Waals surface area contributed by atoms with E-state index in [1.807, 2.05) is 12.1 Å². The van der Waals surface area contributed by atoms with Crippen molar-refractivity contribution in [3.63, 3.8) is 0 Å². The zero-order valence-electron chi connectivity index (χ0n) is 10.9. The highest BCUT2D eigenvalue weighted by atomic mass is 16.5. The van der Waals surface area contributed by atoms with Crippen LogP contribution in [0.3, 0.4) is 0 Å². The van der Waals surface area contributed by atoms with Gasteiger partial charge in [-0.15, -0.1) is 0 Å². The van der Waals surface area contributed by atoms with Crippen LogP contribution >= 0.6 is 0 Å². The van der Waals surface area contributed by atoms with Crippen molar-refractivity contribution in [2.75, 3.05) is 19.8 Å². The number of nitrogens with two attached hydrogens (primary N) is 1. The third-order valence-electron chi connectivity index (χ3n) is 3.31. The SMILES string of the molecule is N/C(=N/O)c1ncccc1CNCCC1CCOC1. The number of nitrogens with one attached hydrogen (secondary N) is 1. The minimum absolute atomic E-state index is 0.0431. The van der Waals surface area contributed by atoms with Crippen LogP contribution in [0, 0.1) is 5.92 Å². The zero-order chi connectivity index (χ0) is 13.5. The first-order valence-electron chi connectivity index (χ1n) is 6.51. The summed E-state index contributed by atoms with van der Waals surface area (Å²) in [4.78, 5) is 4.13. The van der Waals surface area contributed by atoms with E-state index in [1.165, 1.54) is 0 Å². The molecule has 6 nitrogen and oxygen atoms in total. The maximum atomic E-state index is 8.72. The second-order valence-electron chi connectivity index (χ2n) is 4.69. The molecule has 1 aliphatic heterocycles. The fraction of sp³-hybridized carbons (Fsp3) is 0.538. The molecule has 0 bridgehead atoms. The zero-order valence-corrected chi connectivity index (χ0v) is 10.9. The molecule has 0 aromatic carbocycles. The van der Waals surface area contributed by atoms with E-state index in [-0.39, 0.29) is 5.84 Å². The van der Waals surface area contributed by atoms with Gasteiger partial charge in [0, 0.05) is 26.0 Å². The van der Waals surface area contributed by atoms with Gasteiger partial charge in [-0.3, -0.25) is 4.98 Å². The number of ether oxygens (including phenoxy) is 1. The standard InChI is InChI=1S/C13H20N4O2/c14-13(17-18)12-11(2-1-5-16-12)8-15-6-3-10-4-7-19-9-10/h1-2,5,10,15,18H,3-4,6-9H2,(H2,14,17). The first-order valence-corrected chi connectivity index (χ1v) is 6.51. The van der Waals surface area contributed by atoms with Crippen LogP contribution in [0.25, 0.3) is 0 Å². The Morgan fingerprint density at radius 1 is 1.63 bits per heavy atom. The van der Waals surface area contributed by atoms with Crippen LogP contribution in [0.5, 0.6) is 0 Å². The Balaban J connectivity index is 1.82. The molecule has 1 aromatic heterocycles. The van der Waals surface area contributed by atoms with Crippen molar-refractivity contribution in [3.8, 4) is 0 Å². The lowest BCUT2D eigenvalue weighted by atomic mass is 10.1. The van der Waals surface area contributed by atoms with E-state index in [9.17, 15) is 0 Å². The summed E-state index contributed by atoms with van der Waals surface area (Å²) in [5.74, 6) is 0.714. The topological polar surface area (TPSA) is 92.8 Å². The normalized spacial score (nSPS) is 19.8. The summed E-state index contributed by atoms with van der Waals surface area (Å²) < 4.78 is 5.34. The molecule has 0 aliphatic carbocycles. The van der Waals surface area contributed by atoms with Crippen molar-refractivity contribution >= 4 is 5.84 Å². The third-order valence-corrected chi connectivity index (χ3v) is 3.31. The van der Waals surface area contributed by atoms with Gasteiger partial charge in [-0.2, -0.15) is 0 Å². The average molecular weight is 264 g/mol. The minimum atomic E-state index is 0.0431. The first-order chi connectivity index (χ1) is 9.31. The molecule has 0 spiro atoms. The van der Waals surface area contributed by atoms with Gasteiger partial charge >= 0.3 is 0 Å². The highest BCUT2D eigenvalue weighted by Crippen LogP contribution is 2.15. The van der Waals surface area contributed by atoms with Crippen LogP contribution in [0.2, 0.25) is 0 Å². The maximum Gasteiger partial charge on any atom is 0.189 e. The molecule has 1 unspecified atom stereocenters. The van der Waals surface area contributed by atoms with Crippen LogP contribution in [0.4, 0.5) is 0 Å². The predicted molar refractivity (Wildman–Crippen MR) is 72.0 cm³/mol. The number of oxime groups is 1. The van der Waals surface area contributed by atoms with Crippen LogP contribution in [-0.2, 0) is 11.3 Å². The Labute approximate surface area is 112 Å². The maximum absolute atomic E-state index is 8.72. The number of nitrogens with zero attached hydrogens (tertiary/aromatic N) is 2. The van der Waals surface area contributed by atoms with Crippen molar-refractivity contribution in [2.24, 2.45) is 16.8 Å². The molecule has 0 saturated carbocycles. The molecule has 1 aromatic rings. The smallest absolute Gasteiger partial charge is 0.189 e. The number of hydrogen-bond acceptors (Lipinski definition) is 5. The van der Waals surface area contributed by atoms with Crippen LogP contribution in [-0.4, -0.2) is 35.8 Å². The number of hydrogen-bond donors (Lipinski definition) is 3. The molecule has 1 atom stereocenters. The lowest BCUT2D eigenvalue weighted by molar-refractivity contribution is 0.184. The Morgan fingerprint density at radius 3 is 3.26 bits per heavy atom. The molecule has 4 N–H and O–H groups in total. The van der Waals surface area contributed by atoms with Crippen LogP contribution in [0.15, 0.2) is 23.5 Å². The van der Waals surface area contributed by atoms with Crippen molar-refractivity contribution in [3.05, 3.63) is 29.6 Å². The van der Waals surface area contributed by atoms with Gasteiger partial charge in [0.05, 0.1) is 0 Å². The van der Waals surface area contributed by atoms with Gasteiger partial charge in [-0.1, -0.05) is 11.2 Å². The molecular formula is C13H20N4O2. The number of pyridine rings is 1. The molecule has 6 heteroatoms. The fourth-order valence-corrected chi connectivity index (χ4v) is 2.20. The van der Waals surface area contributed by atoms with E-state index >= 15 is 0 Å². The Hall–Kier alpha value is -1.66. The Morgan fingerprint density at radius 2 is 2.53 bits per heavy atom. The molecule has 1 saturated heterocycles. The molecule has 0 radical (unpaired) electrons. The van der Waals surface area contributed by atoms with Gasteiger partial charge in [0.2, 0.25) is 0 Å². The fourth-order valence-electron chi connectivity index (χ4n) is 2.20. The quantitative estimate of drug-likeness (QED) is 0.231. The summed E-state index contributed by atoms with van der Waals surface area (Å²) in [6.07, 6.45) is 3.90. The summed E-state index contributed by atoms with van der Waals surface area (Å²) in [5, 5.41) is 15.1. The molecule has 2 rings (SSSR count). The van der Waals surface area contributed by atoms with Crippen LogP contribution in [0.1, 0.15) is 24.1 Å². The summed E-state index contributed by atoms with van der Waals surface area (Å²) in [5.41, 5.74) is 7.05. The van der Waals surface area contributed by atoms with E-state index in [4.69, 9.17) is 15.7 Å². The van der Waals surface area contributed by atoms with Crippen molar-refractivity contribution in [1.82, 2.24) is 10.3 Å². The highest BCUT2D eigenvalue weighted by Gasteiger charge is 2.14. The van der Waals surface area contributed by atoms with E-state index < -0.39 is 0 Å². The summed E-state index contributed by atoms with van der Waals surface area (Å²) in [7, 11) is 0. The third kappa shape index (κ3) is 3.90. The lowest BCUT2D eigenvalue weighted by Crippen LogP contribution is -2.22. The summed E-state index contributed by atoms with van der Waals surface area (Å²) in [6, 6.07) is 3.77. The number of rotatable bonds is 6. The molecule has 1 aliphatic rings. The monoisotopic (exact) mass is 264 g/mol. The number of amidine groups is 1. The first kappa shape index (κ1) is 13.8. The molecule has 1 fully saturated rings. The van der Waals surface area contributed by atoms with E-state index in [0.29, 0.717) is 18.2 Å². The van der Waals surface area contributed by atoms with Gasteiger partial charge in [0.15, 0.2) is 5.84 Å². The number of aromatic nitrogens is 1. The lowest BCUT2D eigenvalue weighted by Gasteiger charge is -2.10. The van der Waals surface area contributed by atoms with Gasteiger partial charge in [0.25, 0.3) is 0 Å². The Bertz CT molecular complexity index is 430. The molecule has 19 heavy (non-hydrogen) atoms. The van der Waals surface area contributed by atoms with Gasteiger partial charge in [-0.25, -0.2) is 0 Å². The highest BCUT2D eigenvalue weighted by molar-refractivity contribution is 5.96. The van der Waals surface area contributed by atoms with Crippen LogP contribution < -0.4 is 11.1 Å².